The van der Waals surface area contributed by atoms with Crippen molar-refractivity contribution < 1.29 is 9.53 Å². The summed E-state index contributed by atoms with van der Waals surface area (Å²) in [5.74, 6) is 0.124. The minimum absolute atomic E-state index is 0.124. The number of methoxy groups -OCH3 is 1. The molecule has 92 valence electrons. The normalized spacial score (nSPS) is 19.6. The van der Waals surface area contributed by atoms with Crippen LogP contribution in [0.4, 0.5) is 0 Å². The third-order valence-electron chi connectivity index (χ3n) is 2.95. The highest BCUT2D eigenvalue weighted by Gasteiger charge is 2.25. The van der Waals surface area contributed by atoms with E-state index in [1.54, 1.807) is 13.3 Å². The summed E-state index contributed by atoms with van der Waals surface area (Å²) in [6, 6.07) is 3.77. The molecule has 1 saturated heterocycles. The Morgan fingerprint density at radius 2 is 2.47 bits per heavy atom. The van der Waals surface area contributed by atoms with Crippen LogP contribution in [-0.4, -0.2) is 42.1 Å². The van der Waals surface area contributed by atoms with E-state index in [9.17, 15) is 4.79 Å². The number of pyridine rings is 1. The number of aromatic nitrogens is 1. The largest absolute Gasteiger partial charge is 0.380 e. The van der Waals surface area contributed by atoms with Crippen molar-refractivity contribution >= 4 is 21.8 Å². The van der Waals surface area contributed by atoms with E-state index in [-0.39, 0.29) is 12.0 Å². The van der Waals surface area contributed by atoms with Gasteiger partial charge in [-0.3, -0.25) is 9.78 Å². The van der Waals surface area contributed by atoms with Crippen LogP contribution in [0, 0.1) is 0 Å². The Morgan fingerprint density at radius 1 is 1.65 bits per heavy atom. The van der Waals surface area contributed by atoms with Gasteiger partial charge in [0.25, 0.3) is 0 Å². The van der Waals surface area contributed by atoms with E-state index in [1.165, 1.54) is 0 Å². The minimum Gasteiger partial charge on any atom is -0.380 e. The molecule has 0 aromatic carbocycles. The molecule has 0 spiro atoms. The second kappa shape index (κ2) is 5.60. The molecule has 1 amide bonds. The summed E-state index contributed by atoms with van der Waals surface area (Å²) in [6.45, 7) is 1.49. The zero-order valence-corrected chi connectivity index (χ0v) is 11.3. The summed E-state index contributed by atoms with van der Waals surface area (Å²) < 4.78 is 6.17. The lowest BCUT2D eigenvalue weighted by molar-refractivity contribution is -0.129. The monoisotopic (exact) mass is 298 g/mol. The van der Waals surface area contributed by atoms with Gasteiger partial charge in [-0.05, 0) is 34.5 Å². The Kier molecular flexibility index (Phi) is 4.12. The van der Waals surface area contributed by atoms with Crippen LogP contribution in [0.2, 0.25) is 0 Å². The second-order valence-corrected chi connectivity index (χ2v) is 5.05. The molecule has 0 radical (unpaired) electrons. The van der Waals surface area contributed by atoms with E-state index in [4.69, 9.17) is 4.74 Å². The number of carbonyl (C=O) groups excluding carboxylic acids is 1. The number of nitrogens with zero attached hydrogens (tertiary/aromatic N) is 2. The molecule has 2 rings (SSSR count). The standard InChI is InChI=1S/C12H15BrN2O2/c1-17-11-4-5-15(8-11)12(16)6-10-3-2-9(13)7-14-10/h2-3,7,11H,4-6,8H2,1H3/t11-/m1/s1. The summed E-state index contributed by atoms with van der Waals surface area (Å²) in [5, 5.41) is 0. The van der Waals surface area contributed by atoms with Gasteiger partial charge in [-0.2, -0.15) is 0 Å². The van der Waals surface area contributed by atoms with Crippen molar-refractivity contribution in [1.29, 1.82) is 0 Å². The van der Waals surface area contributed by atoms with Gasteiger partial charge in [0.15, 0.2) is 0 Å². The Morgan fingerprint density at radius 3 is 3.06 bits per heavy atom. The first-order valence-electron chi connectivity index (χ1n) is 5.60. The summed E-state index contributed by atoms with van der Waals surface area (Å²) in [7, 11) is 1.69. The molecule has 0 N–H and O–H groups in total. The van der Waals surface area contributed by atoms with E-state index in [0.29, 0.717) is 13.0 Å². The topological polar surface area (TPSA) is 42.4 Å². The summed E-state index contributed by atoms with van der Waals surface area (Å²) in [4.78, 5) is 18.0. The Labute approximate surface area is 109 Å². The molecule has 1 aliphatic heterocycles. The van der Waals surface area contributed by atoms with E-state index in [0.717, 1.165) is 23.1 Å². The van der Waals surface area contributed by atoms with Gasteiger partial charge in [0, 0.05) is 36.6 Å². The lowest BCUT2D eigenvalue weighted by Gasteiger charge is -2.15. The van der Waals surface area contributed by atoms with Crippen molar-refractivity contribution in [2.75, 3.05) is 20.2 Å². The van der Waals surface area contributed by atoms with Crippen molar-refractivity contribution in [3.8, 4) is 0 Å². The van der Waals surface area contributed by atoms with Crippen molar-refractivity contribution in [1.82, 2.24) is 9.88 Å². The van der Waals surface area contributed by atoms with Crippen LogP contribution < -0.4 is 0 Å². The maximum atomic E-state index is 12.0. The zero-order valence-electron chi connectivity index (χ0n) is 9.73. The molecule has 0 saturated carbocycles. The number of rotatable bonds is 3. The average molecular weight is 299 g/mol. The number of likely N-dealkylation sites (tertiary alicyclic amines) is 1. The van der Waals surface area contributed by atoms with Gasteiger partial charge < -0.3 is 9.64 Å². The van der Waals surface area contributed by atoms with Gasteiger partial charge in [-0.15, -0.1) is 0 Å². The third-order valence-corrected chi connectivity index (χ3v) is 3.42. The van der Waals surface area contributed by atoms with Crippen LogP contribution in [0.3, 0.4) is 0 Å². The summed E-state index contributed by atoms with van der Waals surface area (Å²) >= 11 is 3.32. The molecule has 1 fully saturated rings. The first kappa shape index (κ1) is 12.5. The molecule has 2 heterocycles. The summed E-state index contributed by atoms with van der Waals surface area (Å²) in [5.41, 5.74) is 0.805. The van der Waals surface area contributed by atoms with Crippen molar-refractivity contribution in [2.45, 2.75) is 18.9 Å². The van der Waals surface area contributed by atoms with Crippen LogP contribution in [0.15, 0.2) is 22.8 Å². The fraction of sp³-hybridized carbons (Fsp3) is 0.500. The number of ether oxygens (including phenoxy) is 1. The van der Waals surface area contributed by atoms with E-state index >= 15 is 0 Å². The number of halogens is 1. The molecular formula is C12H15BrN2O2. The van der Waals surface area contributed by atoms with Crippen molar-refractivity contribution in [3.63, 3.8) is 0 Å². The predicted molar refractivity (Wildman–Crippen MR) is 67.6 cm³/mol. The van der Waals surface area contributed by atoms with Gasteiger partial charge in [0.1, 0.15) is 0 Å². The quantitative estimate of drug-likeness (QED) is 0.852. The molecule has 17 heavy (non-hydrogen) atoms. The first-order valence-corrected chi connectivity index (χ1v) is 6.39. The van der Waals surface area contributed by atoms with Crippen molar-refractivity contribution in [3.05, 3.63) is 28.5 Å². The van der Waals surface area contributed by atoms with Gasteiger partial charge in [0.2, 0.25) is 5.91 Å². The number of hydrogen-bond donors (Lipinski definition) is 0. The molecule has 4 nitrogen and oxygen atoms in total. The Hall–Kier alpha value is -0.940. The SMILES string of the molecule is CO[C@@H]1CCN(C(=O)Cc2ccc(Br)cn2)C1. The van der Waals surface area contributed by atoms with E-state index in [2.05, 4.69) is 20.9 Å². The molecule has 1 aromatic rings. The second-order valence-electron chi connectivity index (χ2n) is 4.13. The molecular weight excluding hydrogens is 284 g/mol. The van der Waals surface area contributed by atoms with E-state index < -0.39 is 0 Å². The predicted octanol–water partition coefficient (Wildman–Crippen LogP) is 1.63. The van der Waals surface area contributed by atoms with Crippen LogP contribution in [-0.2, 0) is 16.0 Å². The van der Waals surface area contributed by atoms with Crippen LogP contribution in [0.5, 0.6) is 0 Å². The van der Waals surface area contributed by atoms with Crippen LogP contribution in [0.1, 0.15) is 12.1 Å². The highest BCUT2D eigenvalue weighted by atomic mass is 79.9. The lowest BCUT2D eigenvalue weighted by Crippen LogP contribution is -2.31. The van der Waals surface area contributed by atoms with Gasteiger partial charge in [0.05, 0.1) is 12.5 Å². The van der Waals surface area contributed by atoms with Crippen LogP contribution in [0.25, 0.3) is 0 Å². The Bertz CT molecular complexity index is 394. The molecule has 0 unspecified atom stereocenters. The summed E-state index contributed by atoms with van der Waals surface area (Å²) in [6.07, 6.45) is 3.20. The van der Waals surface area contributed by atoms with Crippen LogP contribution >= 0.6 is 15.9 Å². The molecule has 0 aliphatic carbocycles. The number of hydrogen-bond acceptors (Lipinski definition) is 3. The maximum absolute atomic E-state index is 12.0. The van der Waals surface area contributed by atoms with E-state index in [1.807, 2.05) is 17.0 Å². The first-order chi connectivity index (χ1) is 8.19. The van der Waals surface area contributed by atoms with Gasteiger partial charge >= 0.3 is 0 Å². The zero-order chi connectivity index (χ0) is 12.3. The fourth-order valence-corrected chi connectivity index (χ4v) is 2.16. The highest BCUT2D eigenvalue weighted by Crippen LogP contribution is 2.14. The highest BCUT2D eigenvalue weighted by molar-refractivity contribution is 9.10. The maximum Gasteiger partial charge on any atom is 0.228 e. The Balaban J connectivity index is 1.91. The third kappa shape index (κ3) is 3.26. The smallest absolute Gasteiger partial charge is 0.228 e. The van der Waals surface area contributed by atoms with Gasteiger partial charge in [-0.1, -0.05) is 0 Å². The lowest BCUT2D eigenvalue weighted by atomic mass is 10.2. The minimum atomic E-state index is 0.124. The van der Waals surface area contributed by atoms with Gasteiger partial charge in [-0.25, -0.2) is 0 Å². The molecule has 1 aliphatic rings. The number of carbonyl (C=O) groups is 1. The van der Waals surface area contributed by atoms with Crippen molar-refractivity contribution in [2.24, 2.45) is 0 Å². The average Bonchev–Trinajstić information content (AvgIpc) is 2.81. The molecule has 0 bridgehead atoms. The fourth-order valence-electron chi connectivity index (χ4n) is 1.92. The number of amides is 1. The molecule has 1 atom stereocenters. The molecule has 5 heteroatoms. The molecule has 1 aromatic heterocycles.